The van der Waals surface area contributed by atoms with Gasteiger partial charge in [-0.05, 0) is 30.7 Å². The number of ether oxygens (including phenoxy) is 1. The highest BCUT2D eigenvalue weighted by atomic mass is 19.1. The summed E-state index contributed by atoms with van der Waals surface area (Å²) in [6.07, 6.45) is 1.63. The average Bonchev–Trinajstić information content (AvgIpc) is 2.96. The molecule has 0 spiro atoms. The van der Waals surface area contributed by atoms with Gasteiger partial charge in [0.1, 0.15) is 17.7 Å². The average molecular weight is 420 g/mol. The number of carbonyl (C=O) groups is 1. The molecule has 0 saturated carbocycles. The van der Waals surface area contributed by atoms with Crippen molar-refractivity contribution in [2.75, 3.05) is 13.1 Å². The molecule has 160 valence electrons. The molecule has 6 heteroatoms. The number of benzene rings is 2. The second-order valence-electron chi connectivity index (χ2n) is 7.76. The lowest BCUT2D eigenvalue weighted by Crippen LogP contribution is -2.33. The Morgan fingerprint density at radius 2 is 1.97 bits per heavy atom. The zero-order valence-corrected chi connectivity index (χ0v) is 17.6. The van der Waals surface area contributed by atoms with E-state index in [4.69, 9.17) is 4.74 Å². The summed E-state index contributed by atoms with van der Waals surface area (Å²) in [6.45, 7) is 4.09. The van der Waals surface area contributed by atoms with Gasteiger partial charge in [-0.15, -0.1) is 0 Å². The summed E-state index contributed by atoms with van der Waals surface area (Å²) in [4.78, 5) is 18.9. The van der Waals surface area contributed by atoms with Crippen LogP contribution in [0.1, 0.15) is 34.9 Å². The summed E-state index contributed by atoms with van der Waals surface area (Å²) in [6, 6.07) is 18.4. The van der Waals surface area contributed by atoms with E-state index >= 15 is 0 Å². The van der Waals surface area contributed by atoms with Crippen LogP contribution in [0.5, 0.6) is 5.75 Å². The molecule has 2 heterocycles. The zero-order chi connectivity index (χ0) is 21.6. The Bertz CT molecular complexity index is 1060. The first-order valence-corrected chi connectivity index (χ1v) is 10.5. The Kier molecular flexibility index (Phi) is 6.57. The van der Waals surface area contributed by atoms with Gasteiger partial charge in [-0.1, -0.05) is 42.5 Å². The van der Waals surface area contributed by atoms with Crippen molar-refractivity contribution in [2.24, 2.45) is 0 Å². The molecule has 1 aliphatic heterocycles. The molecule has 0 saturated heterocycles. The topological polar surface area (TPSA) is 54.5 Å². The number of rotatable bonds is 6. The van der Waals surface area contributed by atoms with Gasteiger partial charge >= 0.3 is 0 Å². The van der Waals surface area contributed by atoms with E-state index in [1.807, 2.05) is 49.4 Å². The number of hydrogen-bond donors (Lipinski definition) is 1. The van der Waals surface area contributed by atoms with Crippen LogP contribution in [0, 0.1) is 12.7 Å². The number of pyridine rings is 1. The van der Waals surface area contributed by atoms with Crippen molar-refractivity contribution in [1.29, 1.82) is 0 Å². The van der Waals surface area contributed by atoms with Crippen molar-refractivity contribution in [1.82, 2.24) is 15.2 Å². The Morgan fingerprint density at radius 3 is 2.81 bits per heavy atom. The summed E-state index contributed by atoms with van der Waals surface area (Å²) in [5.74, 6) is 0.439. The molecule has 1 atom stereocenters. The molecule has 0 radical (unpaired) electrons. The number of aromatic nitrogens is 1. The van der Waals surface area contributed by atoms with Crippen LogP contribution in [0.4, 0.5) is 4.39 Å². The van der Waals surface area contributed by atoms with E-state index in [0.717, 1.165) is 22.6 Å². The lowest BCUT2D eigenvalue weighted by atomic mass is 10.1. The van der Waals surface area contributed by atoms with Crippen LogP contribution in [-0.2, 0) is 17.9 Å². The summed E-state index contributed by atoms with van der Waals surface area (Å²) in [5, 5.41) is 2.95. The maximum atomic E-state index is 14.4. The van der Waals surface area contributed by atoms with E-state index in [9.17, 15) is 9.18 Å². The predicted molar refractivity (Wildman–Crippen MR) is 117 cm³/mol. The van der Waals surface area contributed by atoms with Crippen molar-refractivity contribution in [3.05, 3.63) is 95.1 Å². The molecule has 1 aromatic heterocycles. The largest absolute Gasteiger partial charge is 0.484 e. The predicted octanol–water partition coefficient (Wildman–Crippen LogP) is 4.17. The first kappa shape index (κ1) is 21.0. The first-order chi connectivity index (χ1) is 15.1. The van der Waals surface area contributed by atoms with Crippen molar-refractivity contribution in [2.45, 2.75) is 32.5 Å². The van der Waals surface area contributed by atoms with Crippen LogP contribution in [-0.4, -0.2) is 28.9 Å². The molecule has 1 N–H and O–H groups in total. The molecule has 0 aliphatic carbocycles. The van der Waals surface area contributed by atoms with E-state index in [2.05, 4.69) is 15.2 Å². The minimum atomic E-state index is -0.441. The maximum absolute atomic E-state index is 14.4. The van der Waals surface area contributed by atoms with Gasteiger partial charge in [0.05, 0.1) is 12.2 Å². The van der Waals surface area contributed by atoms with Crippen molar-refractivity contribution < 1.29 is 13.9 Å². The molecule has 0 unspecified atom stereocenters. The summed E-state index contributed by atoms with van der Waals surface area (Å²) >= 11 is 0. The third-order valence-corrected chi connectivity index (χ3v) is 5.54. The van der Waals surface area contributed by atoms with E-state index in [1.165, 1.54) is 6.07 Å². The van der Waals surface area contributed by atoms with Crippen LogP contribution in [0.15, 0.2) is 66.9 Å². The van der Waals surface area contributed by atoms with E-state index in [-0.39, 0.29) is 11.7 Å². The third-order valence-electron chi connectivity index (χ3n) is 5.54. The maximum Gasteiger partial charge on any atom is 0.221 e. The van der Waals surface area contributed by atoms with Crippen LogP contribution >= 0.6 is 0 Å². The molecular weight excluding hydrogens is 393 g/mol. The number of aryl methyl sites for hydroxylation is 1. The van der Waals surface area contributed by atoms with Gasteiger partial charge < -0.3 is 10.1 Å². The Morgan fingerprint density at radius 1 is 1.16 bits per heavy atom. The Hall–Kier alpha value is -3.25. The van der Waals surface area contributed by atoms with Gasteiger partial charge in [-0.25, -0.2) is 4.39 Å². The fraction of sp³-hybridized carbons (Fsp3) is 0.280. The van der Waals surface area contributed by atoms with E-state index < -0.39 is 6.10 Å². The standard InChI is InChI=1S/C25H26FN3O2/c1-18-7-6-13-27-22(18)15-28-25(30)12-14-29-16-19-8-2-5-11-23(19)31-24(17-29)20-9-3-4-10-21(20)26/h2-11,13,24H,12,14-17H2,1H3,(H,28,30)/t24-/m1/s1. The highest BCUT2D eigenvalue weighted by Crippen LogP contribution is 2.32. The van der Waals surface area contributed by atoms with E-state index in [1.54, 1.807) is 18.3 Å². The van der Waals surface area contributed by atoms with Crippen molar-refractivity contribution >= 4 is 5.91 Å². The van der Waals surface area contributed by atoms with Crippen LogP contribution < -0.4 is 10.1 Å². The van der Waals surface area contributed by atoms with Crippen LogP contribution in [0.2, 0.25) is 0 Å². The summed E-state index contributed by atoms with van der Waals surface area (Å²) in [7, 11) is 0. The third kappa shape index (κ3) is 5.27. The molecule has 3 aromatic rings. The number of halogens is 1. The number of hydrogen-bond acceptors (Lipinski definition) is 4. The zero-order valence-electron chi connectivity index (χ0n) is 17.6. The van der Waals surface area contributed by atoms with Crippen molar-refractivity contribution in [3.8, 4) is 5.75 Å². The first-order valence-electron chi connectivity index (χ1n) is 10.5. The normalized spacial score (nSPS) is 16.1. The van der Waals surface area contributed by atoms with Gasteiger partial charge in [-0.3, -0.25) is 14.7 Å². The molecule has 31 heavy (non-hydrogen) atoms. The SMILES string of the molecule is Cc1cccnc1CNC(=O)CCN1Cc2ccccc2O[C@@H](c2ccccc2F)C1. The number of carbonyl (C=O) groups excluding carboxylic acids is 1. The second kappa shape index (κ2) is 9.71. The second-order valence-corrected chi connectivity index (χ2v) is 7.76. The highest BCUT2D eigenvalue weighted by Gasteiger charge is 2.26. The lowest BCUT2D eigenvalue weighted by molar-refractivity contribution is -0.121. The van der Waals surface area contributed by atoms with Gasteiger partial charge in [0, 0.05) is 43.4 Å². The van der Waals surface area contributed by atoms with Gasteiger partial charge in [0.15, 0.2) is 0 Å². The molecule has 4 rings (SSSR count). The number of amides is 1. The van der Waals surface area contributed by atoms with Crippen LogP contribution in [0.25, 0.3) is 0 Å². The summed E-state index contributed by atoms with van der Waals surface area (Å²) in [5.41, 5.74) is 3.48. The quantitative estimate of drug-likeness (QED) is 0.652. The molecule has 1 amide bonds. The minimum absolute atomic E-state index is 0.0362. The lowest BCUT2D eigenvalue weighted by Gasteiger charge is -2.24. The number of fused-ring (bicyclic) bond motifs is 1. The molecule has 0 fully saturated rings. The fourth-order valence-corrected chi connectivity index (χ4v) is 3.78. The monoisotopic (exact) mass is 419 g/mol. The summed E-state index contributed by atoms with van der Waals surface area (Å²) < 4.78 is 20.6. The molecule has 0 bridgehead atoms. The van der Waals surface area contributed by atoms with Gasteiger partial charge in [0.25, 0.3) is 0 Å². The van der Waals surface area contributed by atoms with Crippen molar-refractivity contribution in [3.63, 3.8) is 0 Å². The number of nitrogens with zero attached hydrogens (tertiary/aromatic N) is 2. The number of nitrogens with one attached hydrogen (secondary N) is 1. The highest BCUT2D eigenvalue weighted by molar-refractivity contribution is 5.76. The molecule has 1 aliphatic rings. The van der Waals surface area contributed by atoms with Gasteiger partial charge in [0.2, 0.25) is 5.91 Å². The van der Waals surface area contributed by atoms with E-state index in [0.29, 0.717) is 38.2 Å². The number of para-hydroxylation sites is 1. The Balaban J connectivity index is 1.42. The molecule has 5 nitrogen and oxygen atoms in total. The Labute approximate surface area is 181 Å². The molecule has 2 aromatic carbocycles. The smallest absolute Gasteiger partial charge is 0.221 e. The van der Waals surface area contributed by atoms with Crippen LogP contribution in [0.3, 0.4) is 0 Å². The van der Waals surface area contributed by atoms with Gasteiger partial charge in [-0.2, -0.15) is 0 Å². The molecular formula is C25H26FN3O2. The fourth-order valence-electron chi connectivity index (χ4n) is 3.78. The minimum Gasteiger partial charge on any atom is -0.484 e.